The Kier molecular flexibility index (Phi) is 7.25. The number of hydrogen-bond acceptors (Lipinski definition) is 6. The zero-order valence-electron chi connectivity index (χ0n) is 21.8. The molecule has 2 aromatic rings. The summed E-state index contributed by atoms with van der Waals surface area (Å²) in [7, 11) is -1.07. The van der Waals surface area contributed by atoms with E-state index in [1.54, 1.807) is 24.3 Å². The molecule has 1 saturated heterocycles. The molecule has 1 heterocycles. The minimum Gasteiger partial charge on any atom is -0.497 e. The van der Waals surface area contributed by atoms with Gasteiger partial charge in [0.15, 0.2) is 6.61 Å². The van der Waals surface area contributed by atoms with E-state index in [1.165, 1.54) is 32.4 Å². The van der Waals surface area contributed by atoms with Gasteiger partial charge in [0.1, 0.15) is 5.75 Å². The Labute approximate surface area is 223 Å². The summed E-state index contributed by atoms with van der Waals surface area (Å²) >= 11 is 6.22. The minimum absolute atomic E-state index is 0.0368. The fraction of sp³-hybridized carbons (Fsp3) is 0.481. The fourth-order valence-electron chi connectivity index (χ4n) is 5.95. The second-order valence-corrected chi connectivity index (χ2v) is 13.5. The van der Waals surface area contributed by atoms with Gasteiger partial charge in [0, 0.05) is 19.6 Å². The first-order valence-electron chi connectivity index (χ1n) is 12.1. The summed E-state index contributed by atoms with van der Waals surface area (Å²) < 4.78 is 38.0. The van der Waals surface area contributed by atoms with Crippen molar-refractivity contribution in [1.82, 2.24) is 4.90 Å². The number of hydrogen-bond donors (Lipinski definition) is 0. The van der Waals surface area contributed by atoms with Crippen molar-refractivity contribution in [3.05, 3.63) is 53.1 Å². The highest BCUT2D eigenvalue weighted by Crippen LogP contribution is 2.52. The van der Waals surface area contributed by atoms with E-state index in [1.807, 2.05) is 4.90 Å². The monoisotopic (exact) mass is 548 g/mol. The predicted molar refractivity (Wildman–Crippen MR) is 142 cm³/mol. The second kappa shape index (κ2) is 9.83. The first-order valence-corrected chi connectivity index (χ1v) is 14.0. The molecule has 0 spiro atoms. The molecule has 0 N–H and O–H groups in total. The van der Waals surface area contributed by atoms with Gasteiger partial charge in [0.2, 0.25) is 0 Å². The van der Waals surface area contributed by atoms with Crippen LogP contribution in [0.15, 0.2) is 47.4 Å². The standard InChI is InChI=1S/C27H33ClN2O6S/c1-26(2)13-19-14-27(3,16-26)17-30(19)24(31)15-36-25(32)22-12-21(10-11-23(22)28)37(33,34)29(4)18-6-8-20(35-5)9-7-18/h6-12,19H,13-17H2,1-5H3. The molecule has 8 nitrogen and oxygen atoms in total. The molecule has 200 valence electrons. The number of nitrogens with zero attached hydrogens (tertiary/aromatic N) is 2. The zero-order valence-corrected chi connectivity index (χ0v) is 23.4. The first kappa shape index (κ1) is 27.3. The van der Waals surface area contributed by atoms with Crippen LogP contribution in [0.5, 0.6) is 5.75 Å². The smallest absolute Gasteiger partial charge is 0.340 e. The van der Waals surface area contributed by atoms with E-state index in [9.17, 15) is 18.0 Å². The topological polar surface area (TPSA) is 93.2 Å². The highest BCUT2D eigenvalue weighted by molar-refractivity contribution is 7.92. The van der Waals surface area contributed by atoms with E-state index in [-0.39, 0.29) is 38.3 Å². The Morgan fingerprint density at radius 3 is 2.43 bits per heavy atom. The van der Waals surface area contributed by atoms with E-state index in [2.05, 4.69) is 20.8 Å². The molecule has 10 heteroatoms. The summed E-state index contributed by atoms with van der Waals surface area (Å²) in [4.78, 5) is 27.6. The molecule has 37 heavy (non-hydrogen) atoms. The Morgan fingerprint density at radius 2 is 1.78 bits per heavy atom. The lowest BCUT2D eigenvalue weighted by Gasteiger charge is -2.39. The molecule has 2 bridgehead atoms. The highest BCUT2D eigenvalue weighted by Gasteiger charge is 2.51. The van der Waals surface area contributed by atoms with Crippen molar-refractivity contribution in [2.24, 2.45) is 10.8 Å². The Bertz CT molecular complexity index is 1310. The number of methoxy groups -OCH3 is 1. The summed E-state index contributed by atoms with van der Waals surface area (Å²) in [6, 6.07) is 10.5. The molecular weight excluding hydrogens is 516 g/mol. The third-order valence-electron chi connectivity index (χ3n) is 7.31. The number of rotatable bonds is 7. The van der Waals surface area contributed by atoms with E-state index in [4.69, 9.17) is 21.1 Å². The third-order valence-corrected chi connectivity index (χ3v) is 9.43. The van der Waals surface area contributed by atoms with Crippen LogP contribution in [-0.2, 0) is 19.6 Å². The van der Waals surface area contributed by atoms with Gasteiger partial charge in [-0.1, -0.05) is 32.4 Å². The summed E-state index contributed by atoms with van der Waals surface area (Å²) in [6.45, 7) is 6.87. The fourth-order valence-corrected chi connectivity index (χ4v) is 7.37. The van der Waals surface area contributed by atoms with Gasteiger partial charge in [-0.3, -0.25) is 9.10 Å². The van der Waals surface area contributed by atoms with E-state index in [0.717, 1.165) is 23.6 Å². The van der Waals surface area contributed by atoms with Gasteiger partial charge in [-0.15, -0.1) is 0 Å². The van der Waals surface area contributed by atoms with Gasteiger partial charge < -0.3 is 14.4 Å². The molecular formula is C27H33ClN2O6S. The largest absolute Gasteiger partial charge is 0.497 e. The number of benzene rings is 2. The first-order chi connectivity index (χ1) is 17.2. The Morgan fingerprint density at radius 1 is 1.11 bits per heavy atom. The van der Waals surface area contributed by atoms with Gasteiger partial charge in [-0.05, 0) is 72.6 Å². The van der Waals surface area contributed by atoms with Crippen molar-refractivity contribution >= 4 is 39.2 Å². The SMILES string of the molecule is COc1ccc(N(C)S(=O)(=O)c2ccc(Cl)c(C(=O)OCC(=O)N3CC4(C)CC3CC(C)(C)C4)c2)cc1. The van der Waals surface area contributed by atoms with E-state index in [0.29, 0.717) is 18.0 Å². The lowest BCUT2D eigenvalue weighted by Crippen LogP contribution is -2.39. The van der Waals surface area contributed by atoms with Gasteiger partial charge >= 0.3 is 5.97 Å². The van der Waals surface area contributed by atoms with Crippen LogP contribution in [0.1, 0.15) is 50.4 Å². The number of fused-ring (bicyclic) bond motifs is 2. The summed E-state index contributed by atoms with van der Waals surface area (Å²) in [5.41, 5.74) is 0.514. The van der Waals surface area contributed by atoms with Crippen LogP contribution in [0.4, 0.5) is 5.69 Å². The number of esters is 1. The Balaban J connectivity index is 1.47. The molecule has 2 aromatic carbocycles. The van der Waals surface area contributed by atoms with Gasteiger partial charge in [-0.2, -0.15) is 0 Å². The van der Waals surface area contributed by atoms with E-state index >= 15 is 0 Å². The average molecular weight is 549 g/mol. The number of carbonyl (C=O) groups is 2. The molecule has 2 atom stereocenters. The Hall–Kier alpha value is -2.78. The number of amides is 1. The normalized spacial score (nSPS) is 22.4. The maximum Gasteiger partial charge on any atom is 0.340 e. The molecule has 0 radical (unpaired) electrons. The predicted octanol–water partition coefficient (Wildman–Crippen LogP) is 4.76. The zero-order chi connectivity index (χ0) is 27.2. The van der Waals surface area contributed by atoms with Crippen molar-refractivity contribution in [3.63, 3.8) is 0 Å². The molecule has 4 rings (SSSR count). The second-order valence-electron chi connectivity index (χ2n) is 11.1. The number of halogens is 1. The molecule has 2 unspecified atom stereocenters. The molecule has 1 aliphatic carbocycles. The number of ether oxygens (including phenoxy) is 2. The number of sulfonamides is 1. The van der Waals surface area contributed by atoms with Crippen molar-refractivity contribution in [3.8, 4) is 5.75 Å². The molecule has 0 aromatic heterocycles. The van der Waals surface area contributed by atoms with Crippen LogP contribution in [-0.4, -0.2) is 58.5 Å². The van der Waals surface area contributed by atoms with Crippen LogP contribution >= 0.6 is 11.6 Å². The quantitative estimate of drug-likeness (QED) is 0.463. The number of anilines is 1. The lowest BCUT2D eigenvalue weighted by atomic mass is 9.65. The molecule has 1 saturated carbocycles. The lowest BCUT2D eigenvalue weighted by molar-refractivity contribution is -0.135. The number of likely N-dealkylation sites (tertiary alicyclic amines) is 1. The van der Waals surface area contributed by atoms with Gasteiger partial charge in [0.25, 0.3) is 15.9 Å². The maximum atomic E-state index is 13.2. The average Bonchev–Trinajstić information content (AvgIpc) is 3.10. The van der Waals surface area contributed by atoms with Crippen molar-refractivity contribution in [2.45, 2.75) is 51.0 Å². The van der Waals surface area contributed by atoms with Crippen LogP contribution in [0, 0.1) is 10.8 Å². The van der Waals surface area contributed by atoms with Crippen molar-refractivity contribution in [2.75, 3.05) is 31.6 Å². The van der Waals surface area contributed by atoms with Crippen LogP contribution in [0.3, 0.4) is 0 Å². The van der Waals surface area contributed by atoms with Crippen molar-refractivity contribution in [1.29, 1.82) is 0 Å². The van der Waals surface area contributed by atoms with Crippen LogP contribution in [0.2, 0.25) is 5.02 Å². The number of carbonyl (C=O) groups excluding carboxylic acids is 2. The van der Waals surface area contributed by atoms with Crippen LogP contribution in [0.25, 0.3) is 0 Å². The van der Waals surface area contributed by atoms with Crippen molar-refractivity contribution < 1.29 is 27.5 Å². The maximum absolute atomic E-state index is 13.2. The third kappa shape index (κ3) is 5.57. The molecule has 1 amide bonds. The molecule has 1 aliphatic heterocycles. The van der Waals surface area contributed by atoms with Crippen LogP contribution < -0.4 is 9.04 Å². The van der Waals surface area contributed by atoms with Gasteiger partial charge in [-0.25, -0.2) is 13.2 Å². The van der Waals surface area contributed by atoms with Gasteiger partial charge in [0.05, 0.1) is 28.3 Å². The molecule has 2 aliphatic rings. The molecule has 2 fully saturated rings. The summed E-state index contributed by atoms with van der Waals surface area (Å²) in [6.07, 6.45) is 2.90. The minimum atomic E-state index is -4.01. The highest BCUT2D eigenvalue weighted by atomic mass is 35.5. The summed E-state index contributed by atoms with van der Waals surface area (Å²) in [5.74, 6) is -0.508. The summed E-state index contributed by atoms with van der Waals surface area (Å²) in [5, 5.41) is 0.0368. The van der Waals surface area contributed by atoms with E-state index < -0.39 is 22.6 Å².